The molecule has 8 nitrogen and oxygen atoms in total. The number of anilines is 1. The van der Waals surface area contributed by atoms with Gasteiger partial charge in [-0.1, -0.05) is 17.7 Å². The van der Waals surface area contributed by atoms with Crippen molar-refractivity contribution in [3.63, 3.8) is 0 Å². The minimum atomic E-state index is -4.45. The maximum atomic E-state index is 12.0. The van der Waals surface area contributed by atoms with E-state index >= 15 is 0 Å². The Labute approximate surface area is 116 Å². The van der Waals surface area contributed by atoms with Gasteiger partial charge in [-0.25, -0.2) is 14.5 Å². The van der Waals surface area contributed by atoms with Crippen LogP contribution in [0.2, 0.25) is 0 Å². The lowest BCUT2D eigenvalue weighted by Gasteiger charge is -2.18. The number of hydrogen-bond acceptors (Lipinski definition) is 4. The summed E-state index contributed by atoms with van der Waals surface area (Å²) in [5.41, 5.74) is 1.64. The Hall–Kier alpha value is -2.13. The highest BCUT2D eigenvalue weighted by Crippen LogP contribution is 2.11. The first-order chi connectivity index (χ1) is 9.35. The molecule has 0 saturated heterocycles. The fourth-order valence-corrected chi connectivity index (χ4v) is 2.08. The topological polar surface area (TPSA) is 111 Å². The van der Waals surface area contributed by atoms with E-state index in [1.165, 1.54) is 0 Å². The van der Waals surface area contributed by atoms with Gasteiger partial charge in [-0.2, -0.15) is 8.42 Å². The number of carbonyl (C=O) groups is 1. The van der Waals surface area contributed by atoms with Gasteiger partial charge in [0.25, 0.3) is 0 Å². The van der Waals surface area contributed by atoms with E-state index in [2.05, 4.69) is 10.3 Å². The summed E-state index contributed by atoms with van der Waals surface area (Å²) in [4.78, 5) is 16.9. The van der Waals surface area contributed by atoms with E-state index in [-0.39, 0.29) is 19.0 Å². The molecule has 0 spiro atoms. The van der Waals surface area contributed by atoms with Gasteiger partial charge in [-0.3, -0.25) is 9.45 Å². The molecular formula is C11H14N4O4S. The molecule has 0 radical (unpaired) electrons. The van der Waals surface area contributed by atoms with Gasteiger partial charge < -0.3 is 5.32 Å². The SMILES string of the molecule is Cc1ccc(NC(=O)N2CCN=C2NS(=O)(=O)O)cc1. The van der Waals surface area contributed by atoms with Crippen molar-refractivity contribution in [2.75, 3.05) is 18.4 Å². The summed E-state index contributed by atoms with van der Waals surface area (Å²) in [6.45, 7) is 2.42. The lowest BCUT2D eigenvalue weighted by atomic mass is 10.2. The lowest BCUT2D eigenvalue weighted by molar-refractivity contribution is 0.236. The first-order valence-electron chi connectivity index (χ1n) is 5.80. The molecule has 20 heavy (non-hydrogen) atoms. The zero-order valence-corrected chi connectivity index (χ0v) is 11.5. The first-order valence-corrected chi connectivity index (χ1v) is 7.24. The number of carbonyl (C=O) groups excluding carboxylic acids is 1. The second-order valence-corrected chi connectivity index (χ2v) is 5.38. The second-order valence-electron chi connectivity index (χ2n) is 4.23. The van der Waals surface area contributed by atoms with E-state index in [1.807, 2.05) is 19.1 Å². The van der Waals surface area contributed by atoms with Gasteiger partial charge in [-0.15, -0.1) is 0 Å². The van der Waals surface area contributed by atoms with Gasteiger partial charge in [0, 0.05) is 5.69 Å². The van der Waals surface area contributed by atoms with Crippen LogP contribution in [0.5, 0.6) is 0 Å². The monoisotopic (exact) mass is 298 g/mol. The summed E-state index contributed by atoms with van der Waals surface area (Å²) in [6, 6.07) is 6.61. The van der Waals surface area contributed by atoms with Crippen LogP contribution in [0.1, 0.15) is 5.56 Å². The van der Waals surface area contributed by atoms with Crippen molar-refractivity contribution in [1.82, 2.24) is 9.62 Å². The maximum absolute atomic E-state index is 12.0. The van der Waals surface area contributed by atoms with Crippen LogP contribution in [0.15, 0.2) is 29.3 Å². The van der Waals surface area contributed by atoms with Crippen molar-refractivity contribution in [3.8, 4) is 0 Å². The average Bonchev–Trinajstić information content (AvgIpc) is 2.78. The normalized spacial score (nSPS) is 14.9. The standard InChI is InChI=1S/C11H14N4O4S/c1-8-2-4-9(5-3-8)13-11(16)15-7-6-12-10(15)14-20(17,18)19/h2-5H,6-7H2,1H3,(H,12,14)(H,13,16)(H,17,18,19). The number of urea groups is 1. The van der Waals surface area contributed by atoms with Crippen molar-refractivity contribution in [3.05, 3.63) is 29.8 Å². The van der Waals surface area contributed by atoms with Crippen LogP contribution >= 0.6 is 0 Å². The highest BCUT2D eigenvalue weighted by atomic mass is 32.2. The number of aryl methyl sites for hydroxylation is 1. The minimum absolute atomic E-state index is 0.197. The Morgan fingerprint density at radius 1 is 1.35 bits per heavy atom. The highest BCUT2D eigenvalue weighted by Gasteiger charge is 2.26. The number of aliphatic imine (C=N–C) groups is 1. The van der Waals surface area contributed by atoms with Crippen LogP contribution < -0.4 is 10.0 Å². The molecule has 2 rings (SSSR count). The Morgan fingerprint density at radius 3 is 2.60 bits per heavy atom. The third-order valence-electron chi connectivity index (χ3n) is 2.61. The van der Waals surface area contributed by atoms with Crippen molar-refractivity contribution in [2.24, 2.45) is 4.99 Å². The molecule has 108 valence electrons. The fraction of sp³-hybridized carbons (Fsp3) is 0.273. The summed E-state index contributed by atoms with van der Waals surface area (Å²) < 4.78 is 32.0. The summed E-state index contributed by atoms with van der Waals surface area (Å²) in [5.74, 6) is -0.197. The Morgan fingerprint density at radius 2 is 2.00 bits per heavy atom. The third kappa shape index (κ3) is 3.68. The van der Waals surface area contributed by atoms with Crippen LogP contribution in [0.25, 0.3) is 0 Å². The predicted molar refractivity (Wildman–Crippen MR) is 73.9 cm³/mol. The van der Waals surface area contributed by atoms with E-state index in [9.17, 15) is 13.2 Å². The average molecular weight is 298 g/mol. The molecule has 9 heteroatoms. The van der Waals surface area contributed by atoms with Crippen molar-refractivity contribution < 1.29 is 17.8 Å². The lowest BCUT2D eigenvalue weighted by Crippen LogP contribution is -2.46. The molecule has 0 atom stereocenters. The number of benzene rings is 1. The summed E-state index contributed by atoms with van der Waals surface area (Å²) in [7, 11) is -4.45. The van der Waals surface area contributed by atoms with Gasteiger partial charge in [0.2, 0.25) is 5.96 Å². The summed E-state index contributed by atoms with van der Waals surface area (Å²) in [5, 5.41) is 2.62. The van der Waals surface area contributed by atoms with Crippen LogP contribution in [0, 0.1) is 6.92 Å². The highest BCUT2D eigenvalue weighted by molar-refractivity contribution is 7.84. The fourth-order valence-electron chi connectivity index (χ4n) is 1.68. The van der Waals surface area contributed by atoms with E-state index < -0.39 is 16.3 Å². The Bertz CT molecular complexity index is 639. The zero-order chi connectivity index (χ0) is 14.8. The molecule has 0 saturated carbocycles. The van der Waals surface area contributed by atoms with Crippen molar-refractivity contribution in [1.29, 1.82) is 0 Å². The van der Waals surface area contributed by atoms with Crippen molar-refractivity contribution >= 4 is 28.0 Å². The molecule has 1 heterocycles. The quantitative estimate of drug-likeness (QED) is 0.694. The molecule has 1 aliphatic heterocycles. The first kappa shape index (κ1) is 14.3. The second kappa shape index (κ2) is 5.47. The van der Waals surface area contributed by atoms with E-state index in [0.717, 1.165) is 10.5 Å². The summed E-state index contributed by atoms with van der Waals surface area (Å²) in [6.07, 6.45) is 0. The van der Waals surface area contributed by atoms with Crippen LogP contribution in [-0.4, -0.2) is 43.0 Å². The van der Waals surface area contributed by atoms with Crippen LogP contribution in [0.4, 0.5) is 10.5 Å². The number of amides is 2. The van der Waals surface area contributed by atoms with Gasteiger partial charge in [0.1, 0.15) is 0 Å². The van der Waals surface area contributed by atoms with Crippen LogP contribution in [0.3, 0.4) is 0 Å². The molecule has 0 fully saturated rings. The maximum Gasteiger partial charge on any atom is 0.359 e. The third-order valence-corrected chi connectivity index (χ3v) is 3.05. The molecule has 2 amide bonds. The largest absolute Gasteiger partial charge is 0.359 e. The van der Waals surface area contributed by atoms with Gasteiger partial charge in [-0.05, 0) is 19.1 Å². The predicted octanol–water partition coefficient (Wildman–Crippen LogP) is 0.591. The van der Waals surface area contributed by atoms with Gasteiger partial charge in [0.15, 0.2) is 0 Å². The molecule has 1 aliphatic rings. The molecule has 0 bridgehead atoms. The molecule has 1 aromatic carbocycles. The number of nitrogens with one attached hydrogen (secondary N) is 2. The van der Waals surface area contributed by atoms with Gasteiger partial charge in [0.05, 0.1) is 13.1 Å². The molecule has 3 N–H and O–H groups in total. The smallest absolute Gasteiger partial charge is 0.307 e. The summed E-state index contributed by atoms with van der Waals surface area (Å²) >= 11 is 0. The molecule has 0 aliphatic carbocycles. The van der Waals surface area contributed by atoms with E-state index in [4.69, 9.17) is 4.55 Å². The zero-order valence-electron chi connectivity index (χ0n) is 10.7. The number of hydrogen-bond donors (Lipinski definition) is 3. The Kier molecular flexibility index (Phi) is 3.91. The van der Waals surface area contributed by atoms with Crippen LogP contribution in [-0.2, 0) is 10.3 Å². The molecule has 1 aromatic rings. The van der Waals surface area contributed by atoms with E-state index in [1.54, 1.807) is 16.9 Å². The Balaban J connectivity index is 2.05. The number of nitrogens with zero attached hydrogens (tertiary/aromatic N) is 2. The number of guanidine groups is 1. The number of rotatable bonds is 2. The minimum Gasteiger partial charge on any atom is -0.307 e. The molecule has 0 aromatic heterocycles. The molecule has 0 unspecified atom stereocenters. The molecular weight excluding hydrogens is 284 g/mol. The van der Waals surface area contributed by atoms with Gasteiger partial charge >= 0.3 is 16.3 Å². The van der Waals surface area contributed by atoms with Crippen molar-refractivity contribution in [2.45, 2.75) is 6.92 Å². The van der Waals surface area contributed by atoms with E-state index in [0.29, 0.717) is 5.69 Å².